The summed E-state index contributed by atoms with van der Waals surface area (Å²) in [5.41, 5.74) is 3.00. The molecule has 33 heavy (non-hydrogen) atoms. The molecule has 1 amide bonds. The monoisotopic (exact) mass is 471 g/mol. The van der Waals surface area contributed by atoms with Crippen molar-refractivity contribution in [2.75, 3.05) is 6.26 Å². The van der Waals surface area contributed by atoms with Crippen LogP contribution in [0.1, 0.15) is 47.6 Å². The predicted octanol–water partition coefficient (Wildman–Crippen LogP) is 4.17. The third kappa shape index (κ3) is 5.60. The Labute approximate surface area is 192 Å². The van der Waals surface area contributed by atoms with E-state index in [2.05, 4.69) is 10.4 Å². The van der Waals surface area contributed by atoms with Crippen molar-refractivity contribution < 1.29 is 22.3 Å². The Bertz CT molecular complexity index is 1220. The molecule has 9 heteroatoms. The van der Waals surface area contributed by atoms with E-state index in [0.717, 1.165) is 40.7 Å². The van der Waals surface area contributed by atoms with Gasteiger partial charge in [-0.1, -0.05) is 48.9 Å². The third-order valence-electron chi connectivity index (χ3n) is 5.75. The molecule has 1 aliphatic rings. The SMILES string of the molecule is CS(=O)(=O)n1nc(OC(=O)NCc2ccccc2)c2c1C(Cc1ccc(F)cc1)CCCC2. The maximum atomic E-state index is 13.3. The number of ether oxygens (including phenoxy) is 1. The first-order valence-electron chi connectivity index (χ1n) is 10.9. The van der Waals surface area contributed by atoms with Crippen LogP contribution < -0.4 is 10.1 Å². The molecule has 1 aromatic heterocycles. The van der Waals surface area contributed by atoms with E-state index in [-0.39, 0.29) is 24.2 Å². The molecule has 1 unspecified atom stereocenters. The maximum absolute atomic E-state index is 13.3. The lowest BCUT2D eigenvalue weighted by Crippen LogP contribution is -2.26. The number of benzene rings is 2. The first-order chi connectivity index (χ1) is 15.8. The van der Waals surface area contributed by atoms with Crippen LogP contribution in [0.4, 0.5) is 9.18 Å². The Morgan fingerprint density at radius 3 is 2.55 bits per heavy atom. The molecule has 0 bridgehead atoms. The van der Waals surface area contributed by atoms with E-state index in [1.54, 1.807) is 12.1 Å². The second-order valence-electron chi connectivity index (χ2n) is 8.28. The average molecular weight is 472 g/mol. The predicted molar refractivity (Wildman–Crippen MR) is 122 cm³/mol. The smallest absolute Gasteiger partial charge is 0.389 e. The molecule has 1 atom stereocenters. The van der Waals surface area contributed by atoms with E-state index in [1.807, 2.05) is 30.3 Å². The van der Waals surface area contributed by atoms with Crippen LogP contribution >= 0.6 is 0 Å². The van der Waals surface area contributed by atoms with Crippen molar-refractivity contribution >= 4 is 16.1 Å². The number of amides is 1. The van der Waals surface area contributed by atoms with E-state index in [1.165, 1.54) is 12.1 Å². The van der Waals surface area contributed by atoms with Gasteiger partial charge in [-0.25, -0.2) is 17.6 Å². The lowest BCUT2D eigenvalue weighted by molar-refractivity contribution is 0.197. The highest BCUT2D eigenvalue weighted by molar-refractivity contribution is 7.89. The van der Waals surface area contributed by atoms with Gasteiger partial charge < -0.3 is 10.1 Å². The summed E-state index contributed by atoms with van der Waals surface area (Å²) in [7, 11) is -3.73. The minimum absolute atomic E-state index is 0.0204. The minimum atomic E-state index is -3.73. The van der Waals surface area contributed by atoms with Gasteiger partial charge in [0.15, 0.2) is 0 Å². The summed E-state index contributed by atoms with van der Waals surface area (Å²) in [4.78, 5) is 12.5. The van der Waals surface area contributed by atoms with Crippen molar-refractivity contribution in [3.8, 4) is 5.88 Å². The molecule has 7 nitrogen and oxygen atoms in total. The summed E-state index contributed by atoms with van der Waals surface area (Å²) in [6.45, 7) is 0.280. The molecule has 0 fully saturated rings. The summed E-state index contributed by atoms with van der Waals surface area (Å²) in [6.07, 6.45) is 3.96. The van der Waals surface area contributed by atoms with Crippen molar-refractivity contribution in [3.63, 3.8) is 0 Å². The standard InChI is InChI=1S/C24H26FN3O4S/c1-33(30,31)28-22-19(15-17-11-13-20(25)14-12-17)9-5-6-10-21(22)23(27-28)32-24(29)26-16-18-7-3-2-4-8-18/h2-4,7-8,11-14,19H,5-6,9-10,15-16H2,1H3,(H,26,29). The van der Waals surface area contributed by atoms with Crippen molar-refractivity contribution in [1.29, 1.82) is 0 Å². The van der Waals surface area contributed by atoms with Crippen molar-refractivity contribution in [3.05, 3.63) is 82.8 Å². The van der Waals surface area contributed by atoms with Gasteiger partial charge in [0.25, 0.3) is 10.0 Å². The van der Waals surface area contributed by atoms with E-state index < -0.39 is 16.1 Å². The molecular formula is C24H26FN3O4S. The molecule has 0 saturated carbocycles. The van der Waals surface area contributed by atoms with Crippen LogP contribution in [0.3, 0.4) is 0 Å². The molecule has 1 N–H and O–H groups in total. The van der Waals surface area contributed by atoms with Crippen molar-refractivity contribution in [2.24, 2.45) is 0 Å². The van der Waals surface area contributed by atoms with Gasteiger partial charge in [-0.2, -0.15) is 4.09 Å². The summed E-state index contributed by atoms with van der Waals surface area (Å²) in [5.74, 6) is -0.453. The van der Waals surface area contributed by atoms with Crippen LogP contribution in [-0.2, 0) is 29.4 Å². The Hall–Kier alpha value is -3.20. The Balaban J connectivity index is 1.62. The number of rotatable bonds is 6. The molecule has 4 rings (SSSR count). The molecule has 0 spiro atoms. The van der Waals surface area contributed by atoms with Gasteiger partial charge in [-0.3, -0.25) is 0 Å². The lowest BCUT2D eigenvalue weighted by Gasteiger charge is -2.17. The van der Waals surface area contributed by atoms with Gasteiger partial charge in [-0.15, -0.1) is 5.10 Å². The normalized spacial score (nSPS) is 16.0. The zero-order valence-electron chi connectivity index (χ0n) is 18.3. The zero-order chi connectivity index (χ0) is 23.4. The molecular weight excluding hydrogens is 445 g/mol. The highest BCUT2D eigenvalue weighted by Crippen LogP contribution is 2.38. The lowest BCUT2D eigenvalue weighted by atomic mass is 9.92. The summed E-state index contributed by atoms with van der Waals surface area (Å²) >= 11 is 0. The maximum Gasteiger partial charge on any atom is 0.414 e. The fraction of sp³-hybridized carbons (Fsp3) is 0.333. The number of hydrogen-bond donors (Lipinski definition) is 1. The van der Waals surface area contributed by atoms with E-state index >= 15 is 0 Å². The number of nitrogens with zero attached hydrogens (tertiary/aromatic N) is 2. The first-order valence-corrected chi connectivity index (χ1v) is 12.7. The zero-order valence-corrected chi connectivity index (χ0v) is 19.1. The van der Waals surface area contributed by atoms with Crippen LogP contribution in [0.15, 0.2) is 54.6 Å². The molecule has 1 heterocycles. The van der Waals surface area contributed by atoms with Gasteiger partial charge in [0, 0.05) is 18.0 Å². The highest BCUT2D eigenvalue weighted by Gasteiger charge is 2.32. The van der Waals surface area contributed by atoms with Gasteiger partial charge in [0.05, 0.1) is 11.9 Å². The highest BCUT2D eigenvalue weighted by atomic mass is 32.2. The Morgan fingerprint density at radius 2 is 1.85 bits per heavy atom. The summed E-state index contributed by atoms with van der Waals surface area (Å²) in [6, 6.07) is 15.6. The molecule has 0 radical (unpaired) electrons. The fourth-order valence-corrected chi connectivity index (χ4v) is 5.06. The van der Waals surface area contributed by atoms with Crippen LogP contribution in [0, 0.1) is 5.82 Å². The average Bonchev–Trinajstić information content (AvgIpc) is 3.02. The molecule has 3 aromatic rings. The number of carbonyl (C=O) groups excluding carboxylic acids is 1. The topological polar surface area (TPSA) is 90.3 Å². The number of halogens is 1. The third-order valence-corrected chi connectivity index (χ3v) is 6.66. The Kier molecular flexibility index (Phi) is 6.78. The van der Waals surface area contributed by atoms with Gasteiger partial charge in [0.2, 0.25) is 5.88 Å². The number of hydrogen-bond acceptors (Lipinski definition) is 5. The second-order valence-corrected chi connectivity index (χ2v) is 10.1. The van der Waals surface area contributed by atoms with Crippen LogP contribution in [0.25, 0.3) is 0 Å². The molecule has 174 valence electrons. The number of nitrogens with one attached hydrogen (secondary N) is 1. The van der Waals surface area contributed by atoms with Gasteiger partial charge in [0.1, 0.15) is 5.82 Å². The fourth-order valence-electron chi connectivity index (χ4n) is 4.22. The summed E-state index contributed by atoms with van der Waals surface area (Å²) < 4.78 is 45.0. The van der Waals surface area contributed by atoms with E-state index in [0.29, 0.717) is 24.1 Å². The van der Waals surface area contributed by atoms with Crippen LogP contribution in [-0.4, -0.2) is 30.0 Å². The second kappa shape index (κ2) is 9.74. The number of fused-ring (bicyclic) bond motifs is 1. The van der Waals surface area contributed by atoms with E-state index in [9.17, 15) is 17.6 Å². The molecule has 1 aliphatic carbocycles. The molecule has 0 aliphatic heterocycles. The number of aromatic nitrogens is 2. The van der Waals surface area contributed by atoms with Crippen molar-refractivity contribution in [2.45, 2.75) is 44.6 Å². The Morgan fingerprint density at radius 1 is 1.12 bits per heavy atom. The van der Waals surface area contributed by atoms with Crippen LogP contribution in [0.2, 0.25) is 0 Å². The molecule has 2 aromatic carbocycles. The van der Waals surface area contributed by atoms with E-state index in [4.69, 9.17) is 4.74 Å². The van der Waals surface area contributed by atoms with Gasteiger partial charge >= 0.3 is 6.09 Å². The summed E-state index contributed by atoms with van der Waals surface area (Å²) in [5, 5.41) is 6.87. The van der Waals surface area contributed by atoms with Gasteiger partial charge in [-0.05, 0) is 48.9 Å². The largest absolute Gasteiger partial charge is 0.414 e. The number of carbonyl (C=O) groups is 1. The van der Waals surface area contributed by atoms with Crippen molar-refractivity contribution in [1.82, 2.24) is 14.5 Å². The first kappa shape index (κ1) is 23.0. The minimum Gasteiger partial charge on any atom is -0.389 e. The molecule has 0 saturated heterocycles. The van der Waals surface area contributed by atoms with Crippen LogP contribution in [0.5, 0.6) is 5.88 Å². The quantitative estimate of drug-likeness (QED) is 0.545.